The van der Waals surface area contributed by atoms with Crippen LogP contribution in [-0.2, 0) is 13.1 Å². The molecule has 2 aliphatic rings. The van der Waals surface area contributed by atoms with Gasteiger partial charge in [0.2, 0.25) is 0 Å². The van der Waals surface area contributed by atoms with Crippen LogP contribution < -0.4 is 0 Å². The van der Waals surface area contributed by atoms with E-state index in [9.17, 15) is 0 Å². The Hall–Kier alpha value is -1.64. The summed E-state index contributed by atoms with van der Waals surface area (Å²) in [7, 11) is 0. The molecule has 2 saturated heterocycles. The van der Waals surface area contributed by atoms with Crippen LogP contribution in [0.5, 0.6) is 0 Å². The standard InChI is InChI=1S/C22H29N2/c1-3-9-20(10-4-1)17-23(18-21-11-5-2-6-12-21)22-13-16-24(19-22)14-7-8-15-24/h1-6,9-12,22H,7-8,13-19H2/q+1/t22-/m0/s1. The Balaban J connectivity index is 1.51. The van der Waals surface area contributed by atoms with Gasteiger partial charge in [-0.15, -0.1) is 0 Å². The van der Waals surface area contributed by atoms with Crippen molar-refractivity contribution in [1.82, 2.24) is 4.90 Å². The van der Waals surface area contributed by atoms with Gasteiger partial charge in [0.1, 0.15) is 0 Å². The molecule has 2 aliphatic heterocycles. The predicted molar refractivity (Wildman–Crippen MR) is 99.5 cm³/mol. The van der Waals surface area contributed by atoms with Crippen LogP contribution in [0, 0.1) is 0 Å². The molecular formula is C22H29N2+. The maximum absolute atomic E-state index is 2.73. The van der Waals surface area contributed by atoms with E-state index in [0.717, 1.165) is 19.1 Å². The third kappa shape index (κ3) is 3.55. The number of hydrogen-bond acceptors (Lipinski definition) is 1. The van der Waals surface area contributed by atoms with Crippen LogP contribution in [-0.4, -0.2) is 41.6 Å². The summed E-state index contributed by atoms with van der Waals surface area (Å²) in [5.74, 6) is 0. The SMILES string of the molecule is c1ccc(CN(Cc2ccccc2)[C@H]2CC[N+]3(CCCC3)C2)cc1. The monoisotopic (exact) mass is 321 g/mol. The quantitative estimate of drug-likeness (QED) is 0.750. The molecule has 1 spiro atoms. The predicted octanol–water partition coefficient (Wildman–Crippen LogP) is 4.07. The third-order valence-corrected chi connectivity index (χ3v) is 6.02. The van der Waals surface area contributed by atoms with E-state index in [2.05, 4.69) is 65.6 Å². The van der Waals surface area contributed by atoms with Crippen molar-refractivity contribution >= 4 is 0 Å². The molecule has 0 aliphatic carbocycles. The number of nitrogens with zero attached hydrogens (tertiary/aromatic N) is 2. The first-order chi connectivity index (χ1) is 11.8. The fraction of sp³-hybridized carbons (Fsp3) is 0.455. The number of benzene rings is 2. The molecule has 2 heterocycles. The minimum Gasteiger partial charge on any atom is -0.322 e. The molecule has 2 heteroatoms. The summed E-state index contributed by atoms with van der Waals surface area (Å²) >= 11 is 0. The Morgan fingerprint density at radius 2 is 1.29 bits per heavy atom. The van der Waals surface area contributed by atoms with Crippen LogP contribution in [0.4, 0.5) is 0 Å². The third-order valence-electron chi connectivity index (χ3n) is 6.02. The smallest absolute Gasteiger partial charge is 0.0947 e. The van der Waals surface area contributed by atoms with Gasteiger partial charge < -0.3 is 4.48 Å². The van der Waals surface area contributed by atoms with Crippen molar-refractivity contribution in [2.45, 2.75) is 38.4 Å². The highest BCUT2D eigenvalue weighted by Crippen LogP contribution is 2.30. The number of rotatable bonds is 5. The van der Waals surface area contributed by atoms with Gasteiger partial charge >= 0.3 is 0 Å². The van der Waals surface area contributed by atoms with Gasteiger partial charge in [0, 0.05) is 32.4 Å². The van der Waals surface area contributed by atoms with Crippen LogP contribution >= 0.6 is 0 Å². The molecule has 0 aromatic heterocycles. The van der Waals surface area contributed by atoms with Gasteiger partial charge in [-0.05, 0) is 11.1 Å². The number of hydrogen-bond donors (Lipinski definition) is 0. The molecule has 4 rings (SSSR count). The molecule has 0 radical (unpaired) electrons. The molecule has 2 aromatic rings. The van der Waals surface area contributed by atoms with Crippen LogP contribution in [0.15, 0.2) is 60.7 Å². The second-order valence-corrected chi connectivity index (χ2v) is 7.72. The van der Waals surface area contributed by atoms with E-state index in [0.29, 0.717) is 0 Å². The van der Waals surface area contributed by atoms with Crippen LogP contribution in [0.25, 0.3) is 0 Å². The molecule has 2 aromatic carbocycles. The first kappa shape index (κ1) is 15.9. The van der Waals surface area contributed by atoms with Crippen molar-refractivity contribution in [3.8, 4) is 0 Å². The van der Waals surface area contributed by atoms with Gasteiger partial charge in [-0.25, -0.2) is 0 Å². The molecule has 0 saturated carbocycles. The summed E-state index contributed by atoms with van der Waals surface area (Å²) in [5.41, 5.74) is 2.88. The van der Waals surface area contributed by atoms with Crippen molar-refractivity contribution in [3.05, 3.63) is 71.8 Å². The van der Waals surface area contributed by atoms with Gasteiger partial charge in [0.05, 0.1) is 32.2 Å². The molecule has 0 bridgehead atoms. The zero-order chi connectivity index (χ0) is 16.2. The Morgan fingerprint density at radius 3 is 1.83 bits per heavy atom. The van der Waals surface area contributed by atoms with E-state index in [1.54, 1.807) is 0 Å². The van der Waals surface area contributed by atoms with E-state index in [-0.39, 0.29) is 0 Å². The maximum Gasteiger partial charge on any atom is 0.0947 e. The van der Waals surface area contributed by atoms with E-state index < -0.39 is 0 Å². The van der Waals surface area contributed by atoms with Crippen LogP contribution in [0.2, 0.25) is 0 Å². The zero-order valence-corrected chi connectivity index (χ0v) is 14.6. The molecule has 0 N–H and O–H groups in total. The largest absolute Gasteiger partial charge is 0.322 e. The van der Waals surface area contributed by atoms with Gasteiger partial charge in [0.15, 0.2) is 0 Å². The Labute approximate surface area is 146 Å². The zero-order valence-electron chi connectivity index (χ0n) is 14.6. The molecular weight excluding hydrogens is 292 g/mol. The molecule has 24 heavy (non-hydrogen) atoms. The highest BCUT2D eigenvalue weighted by atomic mass is 15.4. The lowest BCUT2D eigenvalue weighted by Gasteiger charge is -2.32. The average molecular weight is 321 g/mol. The number of quaternary nitrogens is 1. The van der Waals surface area contributed by atoms with Gasteiger partial charge in [0.25, 0.3) is 0 Å². The van der Waals surface area contributed by atoms with E-state index in [1.807, 2.05) is 0 Å². The van der Waals surface area contributed by atoms with E-state index in [4.69, 9.17) is 0 Å². The normalized spacial score (nSPS) is 22.5. The van der Waals surface area contributed by atoms with Crippen molar-refractivity contribution in [2.75, 3.05) is 26.2 Å². The molecule has 1 atom stereocenters. The summed E-state index contributed by atoms with van der Waals surface area (Å²) in [6.45, 7) is 7.73. The second-order valence-electron chi connectivity index (χ2n) is 7.72. The van der Waals surface area contributed by atoms with Crippen molar-refractivity contribution in [2.24, 2.45) is 0 Å². The molecule has 126 valence electrons. The van der Waals surface area contributed by atoms with E-state index >= 15 is 0 Å². The minimum absolute atomic E-state index is 0.725. The fourth-order valence-electron chi connectivity index (χ4n) is 4.71. The molecule has 0 amide bonds. The summed E-state index contributed by atoms with van der Waals surface area (Å²) in [5, 5.41) is 0. The van der Waals surface area contributed by atoms with Gasteiger partial charge in [-0.2, -0.15) is 0 Å². The lowest BCUT2D eigenvalue weighted by atomic mass is 10.1. The molecule has 0 unspecified atom stereocenters. The minimum atomic E-state index is 0.725. The highest BCUT2D eigenvalue weighted by Gasteiger charge is 2.42. The Bertz CT molecular complexity index is 590. The van der Waals surface area contributed by atoms with Gasteiger partial charge in [-0.1, -0.05) is 60.7 Å². The Kier molecular flexibility index (Phi) is 4.68. The highest BCUT2D eigenvalue weighted by molar-refractivity contribution is 5.17. The fourth-order valence-corrected chi connectivity index (χ4v) is 4.71. The van der Waals surface area contributed by atoms with Crippen LogP contribution in [0.1, 0.15) is 30.4 Å². The summed E-state index contributed by atoms with van der Waals surface area (Å²) < 4.78 is 1.39. The topological polar surface area (TPSA) is 3.24 Å². The van der Waals surface area contributed by atoms with Crippen molar-refractivity contribution in [1.29, 1.82) is 0 Å². The Morgan fingerprint density at radius 1 is 0.750 bits per heavy atom. The second kappa shape index (κ2) is 7.08. The van der Waals surface area contributed by atoms with E-state index in [1.165, 1.54) is 61.1 Å². The molecule has 2 fully saturated rings. The lowest BCUT2D eigenvalue weighted by molar-refractivity contribution is -0.905. The average Bonchev–Trinajstić information content (AvgIpc) is 3.26. The van der Waals surface area contributed by atoms with Crippen molar-refractivity contribution < 1.29 is 4.48 Å². The maximum atomic E-state index is 2.73. The first-order valence-corrected chi connectivity index (χ1v) is 9.50. The first-order valence-electron chi connectivity index (χ1n) is 9.50. The lowest BCUT2D eigenvalue weighted by Crippen LogP contribution is -2.46. The summed E-state index contributed by atoms with van der Waals surface area (Å²) in [6.07, 6.45) is 4.23. The summed E-state index contributed by atoms with van der Waals surface area (Å²) in [4.78, 5) is 2.73. The summed E-state index contributed by atoms with van der Waals surface area (Å²) in [6, 6.07) is 22.7. The van der Waals surface area contributed by atoms with Crippen molar-refractivity contribution in [3.63, 3.8) is 0 Å². The van der Waals surface area contributed by atoms with Gasteiger partial charge in [-0.3, -0.25) is 4.90 Å². The van der Waals surface area contributed by atoms with Crippen LogP contribution in [0.3, 0.4) is 0 Å². The molecule has 2 nitrogen and oxygen atoms in total.